The van der Waals surface area contributed by atoms with Crippen LogP contribution >= 0.6 is 0 Å². The van der Waals surface area contributed by atoms with Crippen molar-refractivity contribution in [2.75, 3.05) is 36.0 Å². The fraction of sp³-hybridized carbons (Fsp3) is 0.286. The first-order chi connectivity index (χ1) is 22.6. The number of nitrogens with zero attached hydrogens (tertiary/aromatic N) is 8. The van der Waals surface area contributed by atoms with Crippen molar-refractivity contribution in [3.8, 4) is 0 Å². The van der Waals surface area contributed by atoms with E-state index in [2.05, 4.69) is 35.3 Å². The molecule has 4 aromatic rings. The molecule has 0 saturated carbocycles. The summed E-state index contributed by atoms with van der Waals surface area (Å²) < 4.78 is 85.3. The van der Waals surface area contributed by atoms with Crippen molar-refractivity contribution in [3.05, 3.63) is 72.4 Å². The molecule has 2 N–H and O–H groups in total. The second-order valence-corrected chi connectivity index (χ2v) is 9.30. The summed E-state index contributed by atoms with van der Waals surface area (Å²) >= 11 is 0. The van der Waals surface area contributed by atoms with E-state index in [1.54, 1.807) is 12.1 Å². The Morgan fingerprint density at radius 1 is 0.694 bits per heavy atom. The first kappa shape index (κ1) is 39.9. The summed E-state index contributed by atoms with van der Waals surface area (Å²) in [5.74, 6) is -2.66. The molecule has 0 atom stereocenters. The van der Waals surface area contributed by atoms with Gasteiger partial charge < -0.3 is 28.8 Å². The third-order valence-corrected chi connectivity index (χ3v) is 5.98. The average molecular weight is 743 g/mol. The van der Waals surface area contributed by atoms with E-state index >= 15 is 0 Å². The molecule has 2 aromatic carbocycles. The molecule has 21 heteroatoms. The van der Waals surface area contributed by atoms with Gasteiger partial charge >= 0.3 is 36.3 Å². The molecule has 0 bridgehead atoms. The predicted octanol–water partition coefficient (Wildman–Crippen LogP) is 8.35. The molecule has 0 saturated heterocycles. The predicted molar refractivity (Wildman–Crippen MR) is 156 cm³/mol. The zero-order chi connectivity index (χ0) is 35.5. The quantitative estimate of drug-likeness (QED) is 0.0813. The Kier molecular flexibility index (Phi) is 14.4. The summed E-state index contributed by atoms with van der Waals surface area (Å²) in [6, 6.07) is 7.39. The van der Waals surface area contributed by atoms with Crippen molar-refractivity contribution in [1.82, 2.24) is 9.97 Å². The average Bonchev–Trinajstić information content (AvgIpc) is 3.73. The van der Waals surface area contributed by atoms with E-state index in [1.807, 2.05) is 19.9 Å². The topological polar surface area (TPSA) is 183 Å². The number of carbonyl (C=O) groups is 2. The third-order valence-electron chi connectivity index (χ3n) is 5.98. The number of carboxylic acid groups (broad SMARTS) is 2. The Morgan fingerprint density at radius 2 is 1.08 bits per heavy atom. The SMILES string of the molecule is CCN(CC)c1ccc(N=Nc2ncco2)c(C(=O)O)c1.O=C(O)c1cc(N(CC(F)(F)F)CC(F)(F)F)ccc1N=Nc1ncco1.[Ni]. The van der Waals surface area contributed by atoms with Crippen LogP contribution in [0.2, 0.25) is 0 Å². The maximum absolute atomic E-state index is 12.6. The Bertz CT molecular complexity index is 1700. The van der Waals surface area contributed by atoms with Crippen LogP contribution in [0, 0.1) is 0 Å². The minimum Gasteiger partial charge on any atom is -0.478 e. The number of halogens is 6. The Balaban J connectivity index is 0.000000343. The summed E-state index contributed by atoms with van der Waals surface area (Å²) in [6.07, 6.45) is -4.65. The third kappa shape index (κ3) is 12.7. The second kappa shape index (κ2) is 17.7. The zero-order valence-electron chi connectivity index (χ0n) is 25.3. The molecule has 2 heterocycles. The number of benzene rings is 2. The number of hydrogen-bond acceptors (Lipinski definition) is 12. The van der Waals surface area contributed by atoms with Crippen molar-refractivity contribution in [3.63, 3.8) is 0 Å². The van der Waals surface area contributed by atoms with Gasteiger partial charge in [0.25, 0.3) is 0 Å². The number of hydrogen-bond donors (Lipinski definition) is 2. The molecular weight excluding hydrogens is 717 g/mol. The van der Waals surface area contributed by atoms with Gasteiger partial charge in [0.1, 0.15) is 37.0 Å². The fourth-order valence-electron chi connectivity index (χ4n) is 3.94. The van der Waals surface area contributed by atoms with E-state index in [9.17, 15) is 46.1 Å². The molecule has 4 rings (SSSR count). The summed E-state index contributed by atoms with van der Waals surface area (Å²) in [7, 11) is 0. The van der Waals surface area contributed by atoms with Gasteiger partial charge in [-0.2, -0.15) is 36.3 Å². The van der Waals surface area contributed by atoms with Crippen LogP contribution in [-0.4, -0.2) is 70.7 Å². The number of aromatic carboxylic acids is 2. The molecule has 0 spiro atoms. The van der Waals surface area contributed by atoms with Crippen LogP contribution < -0.4 is 9.80 Å². The van der Waals surface area contributed by atoms with Gasteiger partial charge in [-0.25, -0.2) is 9.59 Å². The fourth-order valence-corrected chi connectivity index (χ4v) is 3.94. The molecule has 0 aliphatic rings. The molecule has 0 fully saturated rings. The van der Waals surface area contributed by atoms with Crippen LogP contribution in [0.25, 0.3) is 0 Å². The first-order valence-corrected chi connectivity index (χ1v) is 13.6. The largest absolute Gasteiger partial charge is 0.478 e. The maximum atomic E-state index is 12.6. The Labute approximate surface area is 283 Å². The number of rotatable bonds is 12. The summed E-state index contributed by atoms with van der Waals surface area (Å²) in [5, 5.41) is 33.2. The van der Waals surface area contributed by atoms with Crippen LogP contribution in [0.15, 0.2) is 90.6 Å². The van der Waals surface area contributed by atoms with Gasteiger partial charge in [0.2, 0.25) is 0 Å². The summed E-state index contributed by atoms with van der Waals surface area (Å²) in [4.78, 5) is 32.1. The van der Waals surface area contributed by atoms with E-state index < -0.39 is 48.6 Å². The minimum atomic E-state index is -4.93. The molecule has 0 radical (unpaired) electrons. The van der Waals surface area contributed by atoms with Gasteiger partial charge in [-0.15, -0.1) is 10.2 Å². The Hall–Kier alpha value is -5.33. The van der Waals surface area contributed by atoms with E-state index in [0.717, 1.165) is 30.9 Å². The van der Waals surface area contributed by atoms with E-state index in [1.165, 1.54) is 24.9 Å². The molecular formula is C28H26F6N8NiO6. The van der Waals surface area contributed by atoms with Crippen molar-refractivity contribution in [2.45, 2.75) is 26.2 Å². The molecule has 0 aliphatic heterocycles. The minimum absolute atomic E-state index is 0. The standard InChI is InChI=1S/C14H10F6N4O3.C14H16N4O3.Ni/c15-13(16,17)6-24(7-14(18,19)20)8-1-2-10(9(5-8)11(25)26)22-23-12-21-3-4-27-12;1-3-18(4-2)10-5-6-12(11(9-10)13(19)20)16-17-14-15-7-8-21-14;/h1-5H,6-7H2,(H,25,26);5-9H,3-4H2,1-2H3,(H,19,20);. The van der Waals surface area contributed by atoms with E-state index in [-0.39, 0.29) is 50.4 Å². The molecule has 0 amide bonds. The van der Waals surface area contributed by atoms with Gasteiger partial charge in [0.15, 0.2) is 0 Å². The zero-order valence-corrected chi connectivity index (χ0v) is 26.3. The van der Waals surface area contributed by atoms with Crippen molar-refractivity contribution in [2.24, 2.45) is 20.5 Å². The Morgan fingerprint density at radius 3 is 1.39 bits per heavy atom. The van der Waals surface area contributed by atoms with Crippen LogP contribution in [0.1, 0.15) is 34.6 Å². The number of oxazole rings is 2. The number of alkyl halides is 6. The van der Waals surface area contributed by atoms with Gasteiger partial charge in [-0.05, 0) is 50.2 Å². The number of aromatic nitrogens is 2. The van der Waals surface area contributed by atoms with Crippen LogP contribution in [0.5, 0.6) is 0 Å². The smallest absolute Gasteiger partial charge is 0.405 e. The summed E-state index contributed by atoms with van der Waals surface area (Å²) in [5.41, 5.74) is -0.337. The van der Waals surface area contributed by atoms with Gasteiger partial charge in [0, 0.05) is 41.0 Å². The molecule has 0 unspecified atom stereocenters. The van der Waals surface area contributed by atoms with Gasteiger partial charge in [-0.1, -0.05) is 10.2 Å². The number of carboxylic acids is 2. The summed E-state index contributed by atoms with van der Waals surface area (Å²) in [6.45, 7) is 1.80. The molecule has 266 valence electrons. The molecule has 2 aromatic heterocycles. The normalized spacial score (nSPS) is 11.6. The van der Waals surface area contributed by atoms with Crippen LogP contribution in [0.4, 0.5) is 61.1 Å². The number of anilines is 2. The van der Waals surface area contributed by atoms with Crippen LogP contribution in [0.3, 0.4) is 0 Å². The second-order valence-electron chi connectivity index (χ2n) is 9.30. The molecule has 49 heavy (non-hydrogen) atoms. The van der Waals surface area contributed by atoms with Crippen molar-refractivity contribution in [1.29, 1.82) is 0 Å². The van der Waals surface area contributed by atoms with Crippen LogP contribution in [-0.2, 0) is 16.5 Å². The first-order valence-electron chi connectivity index (χ1n) is 13.6. The van der Waals surface area contributed by atoms with E-state index in [0.29, 0.717) is 6.07 Å². The van der Waals surface area contributed by atoms with Crippen molar-refractivity contribution < 1.29 is 71.5 Å². The van der Waals surface area contributed by atoms with Gasteiger partial charge in [-0.3, -0.25) is 0 Å². The number of azo groups is 2. The molecule has 0 aliphatic carbocycles. The monoisotopic (exact) mass is 742 g/mol. The van der Waals surface area contributed by atoms with Gasteiger partial charge in [0.05, 0.1) is 23.5 Å². The van der Waals surface area contributed by atoms with E-state index in [4.69, 9.17) is 8.83 Å². The van der Waals surface area contributed by atoms with Crippen molar-refractivity contribution >= 4 is 46.7 Å². The maximum Gasteiger partial charge on any atom is 0.405 e. The molecule has 14 nitrogen and oxygen atoms in total.